The lowest BCUT2D eigenvalue weighted by Gasteiger charge is -2.07. The number of ether oxygens (including phenoxy) is 2. The zero-order valence-electron chi connectivity index (χ0n) is 27.9. The van der Waals surface area contributed by atoms with E-state index in [1.54, 1.807) is 6.08 Å². The molecule has 0 unspecified atom stereocenters. The van der Waals surface area contributed by atoms with Gasteiger partial charge in [-0.1, -0.05) is 145 Å². The second kappa shape index (κ2) is 23.8. The smallest absolute Gasteiger partial charge is 0.185 e. The quantitative estimate of drug-likeness (QED) is 0.0505. The molecule has 3 nitrogen and oxygen atoms in total. The Bertz CT molecular complexity index is 1250. The minimum atomic E-state index is -0.345. The number of benzene rings is 3. The van der Waals surface area contributed by atoms with E-state index in [9.17, 15) is 9.18 Å². The Labute approximate surface area is 277 Å². The molecule has 0 spiro atoms. The molecular weight excluding hydrogens is 571 g/mol. The van der Waals surface area contributed by atoms with E-state index in [2.05, 4.69) is 30.8 Å². The Hall–Kier alpha value is -3.50. The van der Waals surface area contributed by atoms with Gasteiger partial charge in [0.1, 0.15) is 11.6 Å². The van der Waals surface area contributed by atoms with Gasteiger partial charge in [0.15, 0.2) is 5.78 Å². The molecule has 3 aromatic rings. The summed E-state index contributed by atoms with van der Waals surface area (Å²) < 4.78 is 24.7. The fraction of sp³-hybridized carbons (Fsp3) is 0.452. The monoisotopic (exact) mass is 626 g/mol. The molecule has 0 amide bonds. The van der Waals surface area contributed by atoms with Crippen LogP contribution in [0.3, 0.4) is 0 Å². The summed E-state index contributed by atoms with van der Waals surface area (Å²) in [7, 11) is 0. The van der Waals surface area contributed by atoms with Crippen LogP contribution in [0.25, 0.3) is 12.2 Å². The molecule has 0 aromatic heterocycles. The van der Waals surface area contributed by atoms with Crippen molar-refractivity contribution in [1.29, 1.82) is 0 Å². The molecule has 3 aromatic carbocycles. The van der Waals surface area contributed by atoms with Crippen LogP contribution in [-0.4, -0.2) is 19.0 Å². The third kappa shape index (κ3) is 16.7. The standard InChI is InChI=1S/C42H55FO3/c1-2-36-19-21-38(22-20-36)35-45-33-17-15-13-11-9-7-5-3-4-6-8-10-12-14-16-18-34-46-41-30-23-37(24-31-41)25-32-42(44)39-26-28-40(43)29-27-39/h2,19-32H,1,3-18,33-35H2. The molecule has 248 valence electrons. The Balaban J connectivity index is 1.03. The van der Waals surface area contributed by atoms with Gasteiger partial charge in [0.25, 0.3) is 0 Å². The summed E-state index contributed by atoms with van der Waals surface area (Å²) in [4.78, 5) is 12.2. The summed E-state index contributed by atoms with van der Waals surface area (Å²) in [6.07, 6.45) is 26.2. The molecule has 0 radical (unpaired) electrons. The third-order valence-electron chi connectivity index (χ3n) is 8.37. The van der Waals surface area contributed by atoms with Gasteiger partial charge >= 0.3 is 0 Å². The molecule has 0 saturated carbocycles. The van der Waals surface area contributed by atoms with Gasteiger partial charge in [-0.2, -0.15) is 0 Å². The van der Waals surface area contributed by atoms with Crippen LogP contribution in [0, 0.1) is 5.82 Å². The number of rotatable bonds is 26. The highest BCUT2D eigenvalue weighted by molar-refractivity contribution is 6.06. The highest BCUT2D eigenvalue weighted by Gasteiger charge is 2.02. The average Bonchev–Trinajstić information content (AvgIpc) is 3.09. The number of halogens is 1. The number of hydrogen-bond acceptors (Lipinski definition) is 3. The number of carbonyl (C=O) groups excluding carboxylic acids is 1. The number of carbonyl (C=O) groups is 1. The number of hydrogen-bond donors (Lipinski definition) is 0. The van der Waals surface area contributed by atoms with Crippen molar-refractivity contribution < 1.29 is 18.7 Å². The summed E-state index contributed by atoms with van der Waals surface area (Å²) >= 11 is 0. The molecule has 3 rings (SSSR count). The second-order valence-electron chi connectivity index (χ2n) is 12.3. The van der Waals surface area contributed by atoms with Crippen LogP contribution in [0.1, 0.15) is 130 Å². The average molecular weight is 627 g/mol. The Morgan fingerprint density at radius 1 is 0.587 bits per heavy atom. The van der Waals surface area contributed by atoms with Crippen LogP contribution >= 0.6 is 0 Å². The predicted octanol–water partition coefficient (Wildman–Crippen LogP) is 12.2. The highest BCUT2D eigenvalue weighted by atomic mass is 19.1. The Morgan fingerprint density at radius 2 is 1.07 bits per heavy atom. The summed E-state index contributed by atoms with van der Waals surface area (Å²) in [5.41, 5.74) is 3.79. The largest absolute Gasteiger partial charge is 0.494 e. The maximum atomic E-state index is 13.0. The lowest BCUT2D eigenvalue weighted by molar-refractivity contribution is 0.104. The zero-order valence-corrected chi connectivity index (χ0v) is 27.9. The fourth-order valence-corrected chi connectivity index (χ4v) is 5.47. The van der Waals surface area contributed by atoms with Gasteiger partial charge in [-0.3, -0.25) is 4.79 Å². The van der Waals surface area contributed by atoms with Crippen molar-refractivity contribution in [2.24, 2.45) is 0 Å². The van der Waals surface area contributed by atoms with Crippen LogP contribution < -0.4 is 4.74 Å². The molecule has 46 heavy (non-hydrogen) atoms. The van der Waals surface area contributed by atoms with Crippen LogP contribution in [-0.2, 0) is 11.3 Å². The third-order valence-corrected chi connectivity index (χ3v) is 8.37. The molecule has 0 fully saturated rings. The zero-order chi connectivity index (χ0) is 32.5. The van der Waals surface area contributed by atoms with Crippen LogP contribution in [0.15, 0.2) is 85.5 Å². The van der Waals surface area contributed by atoms with E-state index in [0.29, 0.717) is 12.2 Å². The van der Waals surface area contributed by atoms with Crippen molar-refractivity contribution >= 4 is 17.9 Å². The van der Waals surface area contributed by atoms with Crippen molar-refractivity contribution in [1.82, 2.24) is 0 Å². The number of ketones is 1. The fourth-order valence-electron chi connectivity index (χ4n) is 5.47. The molecule has 0 aliphatic heterocycles. The van der Waals surface area contributed by atoms with Crippen LogP contribution in [0.4, 0.5) is 4.39 Å². The summed E-state index contributed by atoms with van der Waals surface area (Å²) in [5, 5.41) is 0. The number of allylic oxidation sites excluding steroid dienone is 1. The van der Waals surface area contributed by atoms with E-state index < -0.39 is 0 Å². The van der Waals surface area contributed by atoms with E-state index in [-0.39, 0.29) is 11.6 Å². The van der Waals surface area contributed by atoms with Crippen molar-refractivity contribution in [3.8, 4) is 5.75 Å². The highest BCUT2D eigenvalue weighted by Crippen LogP contribution is 2.17. The lowest BCUT2D eigenvalue weighted by Crippen LogP contribution is -1.97. The SMILES string of the molecule is C=Cc1ccc(COCCCCCCCCCCCCCCCCCCOc2ccc(C=CC(=O)c3ccc(F)cc3)cc2)cc1. The van der Waals surface area contributed by atoms with Gasteiger partial charge in [0, 0.05) is 12.2 Å². The molecule has 0 bridgehead atoms. The van der Waals surface area contributed by atoms with Crippen LogP contribution in [0.5, 0.6) is 5.75 Å². The molecule has 4 heteroatoms. The molecule has 0 atom stereocenters. The first-order chi connectivity index (χ1) is 22.6. The number of unbranched alkanes of at least 4 members (excludes halogenated alkanes) is 15. The van der Waals surface area contributed by atoms with Gasteiger partial charge in [-0.25, -0.2) is 4.39 Å². The molecule has 0 saturated heterocycles. The summed E-state index contributed by atoms with van der Waals surface area (Å²) in [6, 6.07) is 21.8. The Kier molecular flexibility index (Phi) is 19.1. The minimum absolute atomic E-state index is 0.144. The predicted molar refractivity (Wildman–Crippen MR) is 192 cm³/mol. The van der Waals surface area contributed by atoms with Gasteiger partial charge in [-0.05, 0) is 72.0 Å². The second-order valence-corrected chi connectivity index (χ2v) is 12.3. The van der Waals surface area contributed by atoms with Gasteiger partial charge < -0.3 is 9.47 Å². The Morgan fingerprint density at radius 3 is 1.59 bits per heavy atom. The molecule has 0 N–H and O–H groups in total. The van der Waals surface area contributed by atoms with E-state index in [0.717, 1.165) is 36.5 Å². The summed E-state index contributed by atoms with van der Waals surface area (Å²) in [5.74, 6) is 0.362. The maximum absolute atomic E-state index is 13.0. The normalized spacial score (nSPS) is 11.2. The van der Waals surface area contributed by atoms with Crippen molar-refractivity contribution in [3.05, 3.63) is 114 Å². The summed E-state index contributed by atoms with van der Waals surface area (Å²) in [6.45, 7) is 6.10. The lowest BCUT2D eigenvalue weighted by atomic mass is 10.0. The van der Waals surface area contributed by atoms with Gasteiger partial charge in [0.2, 0.25) is 0 Å². The molecular formula is C42H55FO3. The first-order valence-corrected chi connectivity index (χ1v) is 17.6. The van der Waals surface area contributed by atoms with Gasteiger partial charge in [0.05, 0.1) is 13.2 Å². The van der Waals surface area contributed by atoms with Crippen molar-refractivity contribution in [2.75, 3.05) is 13.2 Å². The van der Waals surface area contributed by atoms with E-state index in [1.807, 2.05) is 30.3 Å². The van der Waals surface area contributed by atoms with Crippen molar-refractivity contribution in [3.63, 3.8) is 0 Å². The van der Waals surface area contributed by atoms with E-state index >= 15 is 0 Å². The topological polar surface area (TPSA) is 35.5 Å². The first-order valence-electron chi connectivity index (χ1n) is 17.6. The van der Waals surface area contributed by atoms with Crippen LogP contribution in [0.2, 0.25) is 0 Å². The molecule has 0 heterocycles. The van der Waals surface area contributed by atoms with Gasteiger partial charge in [-0.15, -0.1) is 0 Å². The van der Waals surface area contributed by atoms with Crippen molar-refractivity contribution in [2.45, 2.75) is 109 Å². The first kappa shape index (κ1) is 37.0. The molecule has 0 aliphatic rings. The van der Waals surface area contributed by atoms with E-state index in [1.165, 1.54) is 132 Å². The maximum Gasteiger partial charge on any atom is 0.185 e. The van der Waals surface area contributed by atoms with E-state index in [4.69, 9.17) is 9.47 Å². The molecule has 0 aliphatic carbocycles. The minimum Gasteiger partial charge on any atom is -0.494 e.